The Bertz CT molecular complexity index is 509. The topological polar surface area (TPSA) is 66.4 Å². The first-order valence-corrected chi connectivity index (χ1v) is 6.79. The molecule has 1 aromatic carbocycles. The second-order valence-electron chi connectivity index (χ2n) is 4.38. The van der Waals surface area contributed by atoms with Gasteiger partial charge < -0.3 is 10.4 Å². The van der Waals surface area contributed by atoms with E-state index in [1.807, 2.05) is 0 Å². The molecule has 0 aliphatic carbocycles. The molecule has 0 heterocycles. The highest BCUT2D eigenvalue weighted by atomic mass is 35.5. The fourth-order valence-electron chi connectivity index (χ4n) is 1.55. The summed E-state index contributed by atoms with van der Waals surface area (Å²) in [5.74, 6) is -1.17. The number of carboxylic acids is 1. The quantitative estimate of drug-likeness (QED) is 0.791. The zero-order valence-corrected chi connectivity index (χ0v) is 12.4. The highest BCUT2D eigenvalue weighted by Crippen LogP contribution is 2.19. The standard InChI is InChI=1S/C14H15Cl2NO3/c1-9(2-5-14(19)20)17-13(18)4-3-10-6-11(15)8-12(16)7-10/h3-4,6-9H,2,5H2,1H3,(H,17,18)(H,19,20). The molecule has 0 aromatic heterocycles. The number of hydrogen-bond acceptors (Lipinski definition) is 2. The van der Waals surface area contributed by atoms with Crippen LogP contribution in [0.1, 0.15) is 25.3 Å². The van der Waals surface area contributed by atoms with E-state index in [2.05, 4.69) is 5.32 Å². The molecule has 0 saturated heterocycles. The van der Waals surface area contributed by atoms with Gasteiger partial charge in [0.25, 0.3) is 0 Å². The Morgan fingerprint density at radius 1 is 1.30 bits per heavy atom. The van der Waals surface area contributed by atoms with E-state index in [0.29, 0.717) is 16.5 Å². The molecule has 4 nitrogen and oxygen atoms in total. The molecule has 1 aromatic rings. The summed E-state index contributed by atoms with van der Waals surface area (Å²) in [7, 11) is 0. The molecule has 1 amide bonds. The van der Waals surface area contributed by atoms with Crippen molar-refractivity contribution in [2.24, 2.45) is 0 Å². The average Bonchev–Trinajstić information content (AvgIpc) is 2.33. The SMILES string of the molecule is CC(CCC(=O)O)NC(=O)C=Cc1cc(Cl)cc(Cl)c1. The molecule has 0 bridgehead atoms. The highest BCUT2D eigenvalue weighted by molar-refractivity contribution is 6.34. The van der Waals surface area contributed by atoms with E-state index in [4.69, 9.17) is 28.3 Å². The minimum absolute atomic E-state index is 0.0229. The molecular formula is C14H15Cl2NO3. The van der Waals surface area contributed by atoms with E-state index in [9.17, 15) is 9.59 Å². The maximum absolute atomic E-state index is 11.6. The van der Waals surface area contributed by atoms with Gasteiger partial charge in [-0.1, -0.05) is 23.2 Å². The molecule has 0 saturated carbocycles. The number of carbonyl (C=O) groups excluding carboxylic acids is 1. The van der Waals surface area contributed by atoms with Crippen LogP contribution in [0.25, 0.3) is 6.08 Å². The number of nitrogens with one attached hydrogen (secondary N) is 1. The molecule has 1 atom stereocenters. The number of carbonyl (C=O) groups is 2. The second-order valence-corrected chi connectivity index (χ2v) is 5.25. The zero-order chi connectivity index (χ0) is 15.1. The molecule has 0 fully saturated rings. The summed E-state index contributed by atoms with van der Waals surface area (Å²) in [6.07, 6.45) is 3.36. The van der Waals surface area contributed by atoms with Gasteiger partial charge in [-0.05, 0) is 43.2 Å². The summed E-state index contributed by atoms with van der Waals surface area (Å²) in [5, 5.41) is 12.2. The van der Waals surface area contributed by atoms with E-state index < -0.39 is 5.97 Å². The summed E-state index contributed by atoms with van der Waals surface area (Å²) in [5.41, 5.74) is 0.718. The van der Waals surface area contributed by atoms with Gasteiger partial charge in [0.15, 0.2) is 0 Å². The van der Waals surface area contributed by atoms with E-state index >= 15 is 0 Å². The Morgan fingerprint density at radius 2 is 1.90 bits per heavy atom. The van der Waals surface area contributed by atoms with Crippen molar-refractivity contribution >= 4 is 41.2 Å². The van der Waals surface area contributed by atoms with Crippen molar-refractivity contribution in [2.45, 2.75) is 25.8 Å². The third kappa shape index (κ3) is 6.59. The molecule has 108 valence electrons. The number of halogens is 2. The summed E-state index contributed by atoms with van der Waals surface area (Å²) in [6, 6.07) is 4.77. The highest BCUT2D eigenvalue weighted by Gasteiger charge is 2.07. The third-order valence-corrected chi connectivity index (χ3v) is 2.93. The van der Waals surface area contributed by atoms with E-state index in [1.165, 1.54) is 6.08 Å². The molecule has 0 aliphatic rings. The van der Waals surface area contributed by atoms with Crippen LogP contribution in [-0.2, 0) is 9.59 Å². The van der Waals surface area contributed by atoms with Crippen molar-refractivity contribution in [3.05, 3.63) is 39.9 Å². The number of hydrogen-bond donors (Lipinski definition) is 2. The number of carboxylic acid groups (broad SMARTS) is 1. The Balaban J connectivity index is 2.52. The average molecular weight is 316 g/mol. The molecule has 6 heteroatoms. The van der Waals surface area contributed by atoms with Gasteiger partial charge in [-0.2, -0.15) is 0 Å². The molecule has 20 heavy (non-hydrogen) atoms. The Labute approximate surface area is 127 Å². The lowest BCUT2D eigenvalue weighted by Crippen LogP contribution is -2.31. The maximum Gasteiger partial charge on any atom is 0.303 e. The Hall–Kier alpha value is -1.52. The lowest BCUT2D eigenvalue weighted by molar-refractivity contribution is -0.137. The lowest BCUT2D eigenvalue weighted by atomic mass is 10.1. The monoisotopic (exact) mass is 315 g/mol. The molecule has 2 N–H and O–H groups in total. The van der Waals surface area contributed by atoms with Crippen molar-refractivity contribution in [3.8, 4) is 0 Å². The van der Waals surface area contributed by atoms with Crippen LogP contribution in [0.3, 0.4) is 0 Å². The van der Waals surface area contributed by atoms with E-state index in [-0.39, 0.29) is 18.4 Å². The third-order valence-electron chi connectivity index (χ3n) is 2.49. The lowest BCUT2D eigenvalue weighted by Gasteiger charge is -2.10. The van der Waals surface area contributed by atoms with Crippen molar-refractivity contribution < 1.29 is 14.7 Å². The van der Waals surface area contributed by atoms with Gasteiger partial charge in [-0.15, -0.1) is 0 Å². The number of aliphatic carboxylic acids is 1. The van der Waals surface area contributed by atoms with E-state index in [0.717, 1.165) is 5.56 Å². The Morgan fingerprint density at radius 3 is 2.45 bits per heavy atom. The van der Waals surface area contributed by atoms with Crippen molar-refractivity contribution in [1.82, 2.24) is 5.32 Å². The predicted molar refractivity (Wildman–Crippen MR) is 80.0 cm³/mol. The molecule has 0 radical (unpaired) electrons. The second kappa shape index (κ2) is 7.92. The van der Waals surface area contributed by atoms with Crippen LogP contribution in [-0.4, -0.2) is 23.0 Å². The fraction of sp³-hybridized carbons (Fsp3) is 0.286. The first-order chi connectivity index (χ1) is 9.36. The number of benzene rings is 1. The zero-order valence-electron chi connectivity index (χ0n) is 10.9. The summed E-state index contributed by atoms with van der Waals surface area (Å²) < 4.78 is 0. The van der Waals surface area contributed by atoms with Gasteiger partial charge in [0, 0.05) is 28.6 Å². The summed E-state index contributed by atoms with van der Waals surface area (Å²) in [6.45, 7) is 1.75. The van der Waals surface area contributed by atoms with Crippen LogP contribution < -0.4 is 5.32 Å². The molecule has 1 unspecified atom stereocenters. The summed E-state index contributed by atoms with van der Waals surface area (Å²) >= 11 is 11.7. The normalized spacial score (nSPS) is 12.3. The van der Waals surface area contributed by atoms with Gasteiger partial charge in [0.1, 0.15) is 0 Å². The van der Waals surface area contributed by atoms with Crippen molar-refractivity contribution in [2.75, 3.05) is 0 Å². The first-order valence-electron chi connectivity index (χ1n) is 6.03. The van der Waals surface area contributed by atoms with Gasteiger partial charge in [0.2, 0.25) is 5.91 Å². The number of rotatable bonds is 6. The van der Waals surface area contributed by atoms with Gasteiger partial charge >= 0.3 is 5.97 Å². The molecule has 0 aliphatic heterocycles. The largest absolute Gasteiger partial charge is 0.481 e. The molecular weight excluding hydrogens is 301 g/mol. The van der Waals surface area contributed by atoms with Crippen LogP contribution in [0.2, 0.25) is 10.0 Å². The first kappa shape index (κ1) is 16.5. The maximum atomic E-state index is 11.6. The summed E-state index contributed by atoms with van der Waals surface area (Å²) in [4.78, 5) is 22.0. The van der Waals surface area contributed by atoms with Crippen molar-refractivity contribution in [1.29, 1.82) is 0 Å². The predicted octanol–water partition coefficient (Wildman–Crippen LogP) is 3.38. The van der Waals surface area contributed by atoms with Crippen molar-refractivity contribution in [3.63, 3.8) is 0 Å². The minimum Gasteiger partial charge on any atom is -0.481 e. The van der Waals surface area contributed by atoms with Crippen LogP contribution in [0.4, 0.5) is 0 Å². The Kier molecular flexibility index (Phi) is 6.55. The minimum atomic E-state index is -0.879. The van der Waals surface area contributed by atoms with Crippen LogP contribution in [0.5, 0.6) is 0 Å². The molecule has 0 spiro atoms. The number of amides is 1. The smallest absolute Gasteiger partial charge is 0.303 e. The van der Waals surface area contributed by atoms with Crippen LogP contribution in [0.15, 0.2) is 24.3 Å². The van der Waals surface area contributed by atoms with Crippen LogP contribution in [0, 0.1) is 0 Å². The van der Waals surface area contributed by atoms with Gasteiger partial charge in [0.05, 0.1) is 0 Å². The van der Waals surface area contributed by atoms with E-state index in [1.54, 1.807) is 31.2 Å². The van der Waals surface area contributed by atoms with Gasteiger partial charge in [-0.3, -0.25) is 9.59 Å². The fourth-order valence-corrected chi connectivity index (χ4v) is 2.09. The van der Waals surface area contributed by atoms with Gasteiger partial charge in [-0.25, -0.2) is 0 Å². The molecule has 1 rings (SSSR count). The van der Waals surface area contributed by atoms with Crippen LogP contribution >= 0.6 is 23.2 Å².